The molecule has 1 atom stereocenters. The van der Waals surface area contributed by atoms with E-state index in [9.17, 15) is 13.2 Å². The molecule has 31 heavy (non-hydrogen) atoms. The van der Waals surface area contributed by atoms with Crippen molar-refractivity contribution in [1.29, 1.82) is 0 Å². The van der Waals surface area contributed by atoms with Gasteiger partial charge in [-0.15, -0.1) is 4.40 Å². The number of benzene rings is 2. The van der Waals surface area contributed by atoms with Crippen LogP contribution in [0.15, 0.2) is 51.8 Å². The van der Waals surface area contributed by atoms with Crippen molar-refractivity contribution in [3.63, 3.8) is 0 Å². The summed E-state index contributed by atoms with van der Waals surface area (Å²) in [5.74, 6) is 0.0158. The Morgan fingerprint density at radius 3 is 2.55 bits per heavy atom. The fourth-order valence-corrected chi connectivity index (χ4v) is 5.47. The van der Waals surface area contributed by atoms with Crippen LogP contribution >= 0.6 is 23.2 Å². The zero-order valence-electron chi connectivity index (χ0n) is 16.8. The summed E-state index contributed by atoms with van der Waals surface area (Å²) in [6.45, 7) is 5.05. The van der Waals surface area contributed by atoms with Crippen LogP contribution < -0.4 is 0 Å². The molecule has 4 rings (SSSR count). The molecule has 0 aromatic heterocycles. The zero-order valence-corrected chi connectivity index (χ0v) is 19.1. The van der Waals surface area contributed by atoms with E-state index >= 15 is 0 Å². The normalized spacial score (nSPS) is 18.9. The highest BCUT2D eigenvalue weighted by Gasteiger charge is 2.33. The first kappa shape index (κ1) is 22.1. The van der Waals surface area contributed by atoms with Crippen LogP contribution in [0.2, 0.25) is 10.0 Å². The summed E-state index contributed by atoms with van der Waals surface area (Å²) in [7, 11) is -3.63. The first-order valence-electron chi connectivity index (χ1n) is 9.82. The second-order valence-corrected chi connectivity index (χ2v) is 9.93. The fourth-order valence-electron chi connectivity index (χ4n) is 3.76. The summed E-state index contributed by atoms with van der Waals surface area (Å²) >= 11 is 11.9. The first-order valence-corrected chi connectivity index (χ1v) is 12.0. The van der Waals surface area contributed by atoms with E-state index in [1.165, 1.54) is 6.07 Å². The molecule has 0 unspecified atom stereocenters. The minimum absolute atomic E-state index is 0.255. The molecule has 7 nitrogen and oxygen atoms in total. The van der Waals surface area contributed by atoms with Gasteiger partial charge in [0.25, 0.3) is 10.0 Å². The molecule has 2 aromatic carbocycles. The molecule has 1 saturated heterocycles. The van der Waals surface area contributed by atoms with Gasteiger partial charge in [0.2, 0.25) is 0 Å². The lowest BCUT2D eigenvalue weighted by atomic mass is 10.1. The van der Waals surface area contributed by atoms with E-state index in [4.69, 9.17) is 27.9 Å². The summed E-state index contributed by atoms with van der Waals surface area (Å²) in [6, 6.07) is 11.5. The summed E-state index contributed by atoms with van der Waals surface area (Å²) < 4.78 is 34.1. The minimum Gasteiger partial charge on any atom is -0.458 e. The number of sulfonamides is 1. The van der Waals surface area contributed by atoms with Crippen LogP contribution in [0.3, 0.4) is 0 Å². The number of carbonyl (C=O) groups excluding carboxylic acids is 1. The number of esters is 1. The molecule has 0 N–H and O–H groups in total. The number of nitrogens with zero attached hydrogens (tertiary/aromatic N) is 3. The monoisotopic (exact) mass is 481 g/mol. The predicted molar refractivity (Wildman–Crippen MR) is 120 cm³/mol. The van der Waals surface area contributed by atoms with E-state index in [1.54, 1.807) is 30.3 Å². The average Bonchev–Trinajstić information content (AvgIpc) is 2.99. The third-order valence-corrected chi connectivity index (χ3v) is 7.13. The topological polar surface area (TPSA) is 79.3 Å². The van der Waals surface area contributed by atoms with Crippen molar-refractivity contribution in [2.24, 2.45) is 4.40 Å². The van der Waals surface area contributed by atoms with Gasteiger partial charge in [-0.1, -0.05) is 35.3 Å². The van der Waals surface area contributed by atoms with Crippen LogP contribution in [0.4, 0.5) is 0 Å². The third kappa shape index (κ3) is 4.72. The fraction of sp³-hybridized carbons (Fsp3) is 0.333. The molecule has 2 aliphatic heterocycles. The molecular weight excluding hydrogens is 461 g/mol. The molecule has 0 saturated carbocycles. The zero-order chi connectivity index (χ0) is 22.2. The van der Waals surface area contributed by atoms with E-state index in [-0.39, 0.29) is 21.6 Å². The van der Waals surface area contributed by atoms with Crippen molar-refractivity contribution in [3.8, 4) is 0 Å². The smallest absolute Gasteiger partial charge is 0.339 e. The Morgan fingerprint density at radius 2 is 1.84 bits per heavy atom. The lowest BCUT2D eigenvalue weighted by Crippen LogP contribution is -2.50. The molecule has 1 fully saturated rings. The van der Waals surface area contributed by atoms with E-state index in [2.05, 4.69) is 9.30 Å². The third-order valence-electron chi connectivity index (χ3n) is 5.26. The number of hydrogen-bond donors (Lipinski definition) is 0. The van der Waals surface area contributed by atoms with Crippen LogP contribution in [-0.2, 0) is 14.8 Å². The molecule has 164 valence electrons. The van der Waals surface area contributed by atoms with Crippen LogP contribution in [-0.4, -0.2) is 68.9 Å². The maximum atomic E-state index is 12.4. The highest BCUT2D eigenvalue weighted by Crippen LogP contribution is 2.28. The molecular formula is C21H21Cl2N3O4S. The van der Waals surface area contributed by atoms with Gasteiger partial charge in [-0.2, -0.15) is 8.42 Å². The van der Waals surface area contributed by atoms with Crippen molar-refractivity contribution in [1.82, 2.24) is 9.80 Å². The summed E-state index contributed by atoms with van der Waals surface area (Å²) in [5.41, 5.74) is 0.931. The Kier molecular flexibility index (Phi) is 6.25. The highest BCUT2D eigenvalue weighted by molar-refractivity contribution is 7.90. The van der Waals surface area contributed by atoms with Crippen LogP contribution in [0, 0.1) is 0 Å². The van der Waals surface area contributed by atoms with Crippen molar-refractivity contribution >= 4 is 45.0 Å². The summed E-state index contributed by atoms with van der Waals surface area (Å²) in [6.07, 6.45) is -0.337. The number of amidine groups is 1. The number of fused-ring (bicyclic) bond motifs is 1. The van der Waals surface area contributed by atoms with Gasteiger partial charge in [-0.25, -0.2) is 4.79 Å². The number of ether oxygens (including phenoxy) is 1. The van der Waals surface area contributed by atoms with E-state index in [0.29, 0.717) is 49.1 Å². The summed E-state index contributed by atoms with van der Waals surface area (Å²) in [4.78, 5) is 16.8. The summed E-state index contributed by atoms with van der Waals surface area (Å²) in [5, 5.41) is 0.709. The van der Waals surface area contributed by atoms with Crippen molar-refractivity contribution in [2.45, 2.75) is 17.9 Å². The molecule has 10 heteroatoms. The van der Waals surface area contributed by atoms with Crippen molar-refractivity contribution in [2.75, 3.05) is 32.7 Å². The van der Waals surface area contributed by atoms with Crippen molar-refractivity contribution in [3.05, 3.63) is 63.6 Å². The number of carbonyl (C=O) groups is 1. The van der Waals surface area contributed by atoms with E-state index in [1.807, 2.05) is 17.9 Å². The second kappa shape index (κ2) is 8.78. The van der Waals surface area contributed by atoms with E-state index < -0.39 is 16.0 Å². The Bertz CT molecular complexity index is 1150. The maximum absolute atomic E-state index is 12.4. The Balaban J connectivity index is 1.33. The SMILES string of the molecule is C[C@H](CN1CCN(C2=NS(=O)(=O)c3ccccc32)CC1)OC(=O)c1ccc(Cl)cc1Cl. The number of hydrogen-bond acceptors (Lipinski definition) is 6. The highest BCUT2D eigenvalue weighted by atomic mass is 35.5. The molecule has 2 heterocycles. The quantitative estimate of drug-likeness (QED) is 0.623. The minimum atomic E-state index is -3.63. The lowest BCUT2D eigenvalue weighted by Gasteiger charge is -2.36. The van der Waals surface area contributed by atoms with Crippen LogP contribution in [0.5, 0.6) is 0 Å². The molecule has 0 aliphatic carbocycles. The van der Waals surface area contributed by atoms with Crippen molar-refractivity contribution < 1.29 is 17.9 Å². The second-order valence-electron chi connectivity index (χ2n) is 7.51. The molecule has 0 spiro atoms. The van der Waals surface area contributed by atoms with Gasteiger partial charge < -0.3 is 9.64 Å². The molecule has 0 radical (unpaired) electrons. The van der Waals surface area contributed by atoms with Gasteiger partial charge in [0.05, 0.1) is 10.6 Å². The number of halogens is 2. The maximum Gasteiger partial charge on any atom is 0.339 e. The molecule has 2 aliphatic rings. The Hall–Kier alpha value is -2.13. The van der Waals surface area contributed by atoms with Crippen LogP contribution in [0.25, 0.3) is 0 Å². The average molecular weight is 482 g/mol. The van der Waals surface area contributed by atoms with Gasteiger partial charge in [0.1, 0.15) is 11.0 Å². The number of rotatable bonds is 4. The number of piperazine rings is 1. The predicted octanol–water partition coefficient (Wildman–Crippen LogP) is 3.31. The van der Waals surface area contributed by atoms with Gasteiger partial charge in [0, 0.05) is 43.3 Å². The lowest BCUT2D eigenvalue weighted by molar-refractivity contribution is 0.0221. The van der Waals surface area contributed by atoms with E-state index in [0.717, 1.165) is 0 Å². The Labute approximate surface area is 191 Å². The van der Waals surface area contributed by atoms with Gasteiger partial charge >= 0.3 is 5.97 Å². The standard InChI is InChI=1S/C21H21Cl2N3O4S/c1-14(30-21(27)16-7-6-15(22)12-18(16)23)13-25-8-10-26(11-9-25)20-17-4-2-3-5-19(17)31(28,29)24-20/h2-7,12,14H,8-11,13H2,1H3/t14-/m1/s1. The van der Waals surface area contributed by atoms with Gasteiger partial charge in [-0.3, -0.25) is 4.90 Å². The first-order chi connectivity index (χ1) is 14.7. The Morgan fingerprint density at radius 1 is 1.13 bits per heavy atom. The van der Waals surface area contributed by atoms with Gasteiger partial charge in [-0.05, 0) is 37.3 Å². The van der Waals surface area contributed by atoms with Gasteiger partial charge in [0.15, 0.2) is 5.84 Å². The molecule has 0 amide bonds. The molecule has 2 aromatic rings. The molecule has 0 bridgehead atoms. The largest absolute Gasteiger partial charge is 0.458 e. The van der Waals surface area contributed by atoms with Crippen LogP contribution in [0.1, 0.15) is 22.8 Å².